The van der Waals surface area contributed by atoms with Crippen LogP contribution in [0.1, 0.15) is 17.2 Å². The van der Waals surface area contributed by atoms with Crippen molar-refractivity contribution in [3.05, 3.63) is 58.6 Å². The van der Waals surface area contributed by atoms with Crippen molar-refractivity contribution in [2.75, 3.05) is 12.4 Å². The zero-order valence-corrected chi connectivity index (χ0v) is 12.6. The molecule has 0 fully saturated rings. The predicted molar refractivity (Wildman–Crippen MR) is 84.7 cm³/mol. The zero-order valence-electron chi connectivity index (χ0n) is 11.9. The van der Waals surface area contributed by atoms with Gasteiger partial charge in [-0.3, -0.25) is 4.79 Å². The van der Waals surface area contributed by atoms with E-state index in [-0.39, 0.29) is 5.91 Å². The van der Waals surface area contributed by atoms with Gasteiger partial charge >= 0.3 is 0 Å². The molecule has 0 saturated heterocycles. The van der Waals surface area contributed by atoms with Crippen molar-refractivity contribution in [2.45, 2.75) is 13.0 Å². The van der Waals surface area contributed by atoms with Gasteiger partial charge in [0.15, 0.2) is 0 Å². The van der Waals surface area contributed by atoms with Crippen molar-refractivity contribution < 1.29 is 9.53 Å². The first-order valence-corrected chi connectivity index (χ1v) is 6.85. The molecule has 2 aromatic carbocycles. The Labute approximate surface area is 128 Å². The standard InChI is InChI=1S/C16H17ClN2O2/c1-10-3-5-11(6-4-10)15(18)16(20)19-13-9-12(17)7-8-14(13)21-2/h3-9,15H,18H2,1-2H3,(H,19,20). The van der Waals surface area contributed by atoms with E-state index in [0.29, 0.717) is 16.5 Å². The topological polar surface area (TPSA) is 64.3 Å². The fraction of sp³-hybridized carbons (Fsp3) is 0.188. The Kier molecular flexibility index (Phi) is 4.83. The van der Waals surface area contributed by atoms with Gasteiger partial charge in [-0.05, 0) is 30.7 Å². The van der Waals surface area contributed by atoms with Gasteiger partial charge in [0, 0.05) is 5.02 Å². The van der Waals surface area contributed by atoms with Gasteiger partial charge < -0.3 is 15.8 Å². The van der Waals surface area contributed by atoms with Crippen LogP contribution in [0.2, 0.25) is 5.02 Å². The van der Waals surface area contributed by atoms with Crippen molar-refractivity contribution in [1.29, 1.82) is 0 Å². The van der Waals surface area contributed by atoms with Crippen LogP contribution in [0, 0.1) is 6.92 Å². The van der Waals surface area contributed by atoms with Gasteiger partial charge in [0.2, 0.25) is 5.91 Å². The third-order valence-corrected chi connectivity index (χ3v) is 3.37. The first kappa shape index (κ1) is 15.4. The molecule has 0 aliphatic carbocycles. The van der Waals surface area contributed by atoms with E-state index in [1.54, 1.807) is 18.2 Å². The summed E-state index contributed by atoms with van der Waals surface area (Å²) in [7, 11) is 1.53. The molecule has 5 heteroatoms. The molecule has 0 aliphatic rings. The third-order valence-electron chi connectivity index (χ3n) is 3.14. The van der Waals surface area contributed by atoms with Crippen LogP contribution in [-0.2, 0) is 4.79 Å². The Bertz CT molecular complexity index is 641. The molecule has 0 aromatic heterocycles. The van der Waals surface area contributed by atoms with Crippen LogP contribution in [0.4, 0.5) is 5.69 Å². The fourth-order valence-electron chi connectivity index (χ4n) is 1.91. The molecular formula is C16H17ClN2O2. The highest BCUT2D eigenvalue weighted by Gasteiger charge is 2.17. The average Bonchev–Trinajstić information content (AvgIpc) is 2.47. The number of carbonyl (C=O) groups is 1. The summed E-state index contributed by atoms with van der Waals surface area (Å²) in [6.45, 7) is 1.98. The molecule has 0 bridgehead atoms. The molecule has 0 spiro atoms. The smallest absolute Gasteiger partial charge is 0.245 e. The Morgan fingerprint density at radius 1 is 1.24 bits per heavy atom. The van der Waals surface area contributed by atoms with Crippen LogP contribution in [0.5, 0.6) is 5.75 Å². The van der Waals surface area contributed by atoms with Crippen LogP contribution in [-0.4, -0.2) is 13.0 Å². The molecule has 3 N–H and O–H groups in total. The number of halogens is 1. The normalized spacial score (nSPS) is 11.8. The molecule has 1 unspecified atom stereocenters. The number of amides is 1. The number of hydrogen-bond acceptors (Lipinski definition) is 3. The molecular weight excluding hydrogens is 288 g/mol. The minimum Gasteiger partial charge on any atom is -0.495 e. The number of anilines is 1. The number of nitrogens with two attached hydrogens (primary N) is 1. The molecule has 0 saturated carbocycles. The first-order chi connectivity index (χ1) is 10.0. The quantitative estimate of drug-likeness (QED) is 0.911. The van der Waals surface area contributed by atoms with Crippen LogP contribution in [0.15, 0.2) is 42.5 Å². The number of rotatable bonds is 4. The fourth-order valence-corrected chi connectivity index (χ4v) is 2.09. The molecule has 110 valence electrons. The number of ether oxygens (including phenoxy) is 1. The summed E-state index contributed by atoms with van der Waals surface area (Å²) in [5, 5.41) is 3.25. The second-order valence-corrected chi connectivity index (χ2v) is 5.16. The summed E-state index contributed by atoms with van der Waals surface area (Å²) in [5.41, 5.74) is 8.34. The molecule has 1 atom stereocenters. The summed E-state index contributed by atoms with van der Waals surface area (Å²) in [5.74, 6) is 0.211. The second kappa shape index (κ2) is 6.61. The summed E-state index contributed by atoms with van der Waals surface area (Å²) < 4.78 is 5.19. The number of nitrogens with one attached hydrogen (secondary N) is 1. The largest absolute Gasteiger partial charge is 0.495 e. The van der Waals surface area contributed by atoms with E-state index in [9.17, 15) is 4.79 Å². The van der Waals surface area contributed by atoms with Crippen LogP contribution in [0.3, 0.4) is 0 Å². The Balaban J connectivity index is 2.17. The van der Waals surface area contributed by atoms with E-state index in [4.69, 9.17) is 22.1 Å². The van der Waals surface area contributed by atoms with Crippen molar-refractivity contribution in [3.63, 3.8) is 0 Å². The van der Waals surface area contributed by atoms with E-state index in [2.05, 4.69) is 5.32 Å². The molecule has 0 aliphatic heterocycles. The lowest BCUT2D eigenvalue weighted by molar-refractivity contribution is -0.117. The van der Waals surface area contributed by atoms with Gasteiger partial charge in [0.05, 0.1) is 12.8 Å². The minimum atomic E-state index is -0.755. The highest BCUT2D eigenvalue weighted by Crippen LogP contribution is 2.28. The average molecular weight is 305 g/mol. The lowest BCUT2D eigenvalue weighted by Crippen LogP contribution is -2.27. The van der Waals surface area contributed by atoms with Crippen molar-refractivity contribution in [2.24, 2.45) is 5.73 Å². The number of benzene rings is 2. The van der Waals surface area contributed by atoms with E-state index in [1.165, 1.54) is 7.11 Å². The minimum absolute atomic E-state index is 0.320. The van der Waals surface area contributed by atoms with Crippen LogP contribution in [0.25, 0.3) is 0 Å². The maximum atomic E-state index is 12.2. The third kappa shape index (κ3) is 3.74. The SMILES string of the molecule is COc1ccc(Cl)cc1NC(=O)C(N)c1ccc(C)cc1. The number of carbonyl (C=O) groups excluding carboxylic acids is 1. The highest BCUT2D eigenvalue weighted by atomic mass is 35.5. The Hall–Kier alpha value is -2.04. The molecule has 0 heterocycles. The first-order valence-electron chi connectivity index (χ1n) is 6.48. The number of hydrogen-bond donors (Lipinski definition) is 2. The lowest BCUT2D eigenvalue weighted by Gasteiger charge is -2.15. The van der Waals surface area contributed by atoms with Crippen LogP contribution >= 0.6 is 11.6 Å². The molecule has 2 aromatic rings. The summed E-state index contributed by atoms with van der Waals surface area (Å²) in [6.07, 6.45) is 0. The lowest BCUT2D eigenvalue weighted by atomic mass is 10.1. The molecule has 21 heavy (non-hydrogen) atoms. The highest BCUT2D eigenvalue weighted by molar-refractivity contribution is 6.31. The zero-order chi connectivity index (χ0) is 15.4. The summed E-state index contributed by atoms with van der Waals surface area (Å²) in [4.78, 5) is 12.2. The van der Waals surface area contributed by atoms with Gasteiger partial charge in [0.1, 0.15) is 11.8 Å². The number of aryl methyl sites for hydroxylation is 1. The van der Waals surface area contributed by atoms with Gasteiger partial charge in [-0.25, -0.2) is 0 Å². The summed E-state index contributed by atoms with van der Waals surface area (Å²) >= 11 is 5.93. The van der Waals surface area contributed by atoms with Crippen molar-refractivity contribution >= 4 is 23.2 Å². The monoisotopic (exact) mass is 304 g/mol. The maximum absolute atomic E-state index is 12.2. The van der Waals surface area contributed by atoms with Crippen LogP contribution < -0.4 is 15.8 Å². The van der Waals surface area contributed by atoms with E-state index >= 15 is 0 Å². The van der Waals surface area contributed by atoms with Crippen molar-refractivity contribution in [3.8, 4) is 5.75 Å². The molecule has 2 rings (SSSR count). The van der Waals surface area contributed by atoms with E-state index in [1.807, 2.05) is 31.2 Å². The van der Waals surface area contributed by atoms with Gasteiger partial charge in [0.25, 0.3) is 0 Å². The van der Waals surface area contributed by atoms with E-state index in [0.717, 1.165) is 11.1 Å². The number of methoxy groups -OCH3 is 1. The second-order valence-electron chi connectivity index (χ2n) is 4.72. The predicted octanol–water partition coefficient (Wildman–Crippen LogP) is 3.30. The van der Waals surface area contributed by atoms with Gasteiger partial charge in [-0.2, -0.15) is 0 Å². The molecule has 4 nitrogen and oxygen atoms in total. The Morgan fingerprint density at radius 2 is 1.90 bits per heavy atom. The van der Waals surface area contributed by atoms with Gasteiger partial charge in [-0.1, -0.05) is 41.4 Å². The van der Waals surface area contributed by atoms with Crippen molar-refractivity contribution in [1.82, 2.24) is 0 Å². The molecule has 1 amide bonds. The summed E-state index contributed by atoms with van der Waals surface area (Å²) in [6, 6.07) is 11.8. The van der Waals surface area contributed by atoms with Gasteiger partial charge in [-0.15, -0.1) is 0 Å². The Morgan fingerprint density at radius 3 is 2.52 bits per heavy atom. The maximum Gasteiger partial charge on any atom is 0.245 e. The molecule has 0 radical (unpaired) electrons. The van der Waals surface area contributed by atoms with E-state index < -0.39 is 6.04 Å².